The van der Waals surface area contributed by atoms with Crippen LogP contribution in [0, 0.1) is 5.82 Å². The lowest BCUT2D eigenvalue weighted by Crippen LogP contribution is -2.26. The summed E-state index contributed by atoms with van der Waals surface area (Å²) in [4.78, 5) is 0.0639. The Morgan fingerprint density at radius 3 is 2.75 bits per heavy atom. The van der Waals surface area contributed by atoms with E-state index in [1.165, 1.54) is 38.7 Å². The Bertz CT molecular complexity index is 686. The Balaban J connectivity index is 2.20. The molecule has 2 aromatic rings. The number of rotatable bonds is 5. The molecule has 8 heteroatoms. The Kier molecular flexibility index (Phi) is 4.05. The molecule has 0 aliphatic rings. The molecule has 0 saturated carbocycles. The van der Waals surface area contributed by atoms with Crippen molar-refractivity contribution in [1.82, 2.24) is 14.5 Å². The topological polar surface area (TPSA) is 75.3 Å². The summed E-state index contributed by atoms with van der Waals surface area (Å²) in [5.74, 6) is -0.409. The molecule has 0 spiro atoms. The number of ether oxygens (including phenoxy) is 1. The van der Waals surface area contributed by atoms with Gasteiger partial charge in [0.2, 0.25) is 10.0 Å². The van der Waals surface area contributed by atoms with Crippen molar-refractivity contribution < 1.29 is 17.5 Å². The molecule has 108 valence electrons. The van der Waals surface area contributed by atoms with E-state index in [-0.39, 0.29) is 17.2 Å². The third-order valence-corrected chi connectivity index (χ3v) is 4.57. The number of aromatic amines is 1. The maximum Gasteiger partial charge on any atom is 0.246 e. The molecule has 0 fully saturated rings. The first-order valence-corrected chi connectivity index (χ1v) is 7.16. The first-order valence-electron chi connectivity index (χ1n) is 5.72. The highest BCUT2D eigenvalue weighted by atomic mass is 32.2. The molecule has 0 bridgehead atoms. The molecule has 0 atom stereocenters. The number of halogens is 1. The Morgan fingerprint density at radius 2 is 2.20 bits per heavy atom. The minimum Gasteiger partial charge on any atom is -0.494 e. The zero-order chi connectivity index (χ0) is 14.8. The molecule has 0 amide bonds. The third kappa shape index (κ3) is 2.81. The smallest absolute Gasteiger partial charge is 0.246 e. The van der Waals surface area contributed by atoms with Gasteiger partial charge in [-0.2, -0.15) is 9.40 Å². The van der Waals surface area contributed by atoms with Crippen molar-refractivity contribution in [3.05, 3.63) is 42.0 Å². The van der Waals surface area contributed by atoms with Gasteiger partial charge in [-0.25, -0.2) is 12.8 Å². The number of sulfonamides is 1. The van der Waals surface area contributed by atoms with E-state index in [4.69, 9.17) is 4.74 Å². The molecule has 1 N–H and O–H groups in total. The maximum atomic E-state index is 13.6. The summed E-state index contributed by atoms with van der Waals surface area (Å²) >= 11 is 0. The van der Waals surface area contributed by atoms with Gasteiger partial charge in [-0.05, 0) is 17.7 Å². The quantitative estimate of drug-likeness (QED) is 0.905. The lowest BCUT2D eigenvalue weighted by Gasteiger charge is -2.16. The van der Waals surface area contributed by atoms with E-state index in [9.17, 15) is 12.8 Å². The fourth-order valence-corrected chi connectivity index (χ4v) is 2.78. The summed E-state index contributed by atoms with van der Waals surface area (Å²) in [5, 5.41) is 6.05. The Morgan fingerprint density at radius 1 is 1.45 bits per heavy atom. The fraction of sp³-hybridized carbons (Fsp3) is 0.250. The molecule has 0 unspecified atom stereocenters. The highest BCUT2D eigenvalue weighted by Crippen LogP contribution is 2.20. The average molecular weight is 299 g/mol. The van der Waals surface area contributed by atoms with Gasteiger partial charge in [0, 0.05) is 19.8 Å². The molecule has 1 aromatic carbocycles. The second-order valence-electron chi connectivity index (χ2n) is 4.16. The predicted octanol–water partition coefficient (Wildman–Crippen LogP) is 1.38. The Hall–Kier alpha value is -1.93. The fourth-order valence-electron chi connectivity index (χ4n) is 1.71. The van der Waals surface area contributed by atoms with Crippen LogP contribution in [0.2, 0.25) is 0 Å². The van der Waals surface area contributed by atoms with Crippen LogP contribution in [0.15, 0.2) is 35.5 Å². The van der Waals surface area contributed by atoms with Gasteiger partial charge in [-0.15, -0.1) is 0 Å². The molecule has 6 nitrogen and oxygen atoms in total. The van der Waals surface area contributed by atoms with Gasteiger partial charge < -0.3 is 4.74 Å². The van der Waals surface area contributed by atoms with Crippen LogP contribution in [0.1, 0.15) is 5.56 Å². The molecule has 0 saturated heterocycles. The van der Waals surface area contributed by atoms with Gasteiger partial charge in [0.1, 0.15) is 4.90 Å². The van der Waals surface area contributed by atoms with Gasteiger partial charge in [0.25, 0.3) is 0 Å². The summed E-state index contributed by atoms with van der Waals surface area (Å²) < 4.78 is 43.8. The molecular formula is C12H14FN3O3S. The van der Waals surface area contributed by atoms with Crippen LogP contribution in [0.25, 0.3) is 0 Å². The van der Waals surface area contributed by atoms with Crippen molar-refractivity contribution in [3.63, 3.8) is 0 Å². The van der Waals surface area contributed by atoms with E-state index in [0.717, 1.165) is 4.31 Å². The van der Waals surface area contributed by atoms with Crippen LogP contribution in [0.4, 0.5) is 4.39 Å². The van der Waals surface area contributed by atoms with Crippen LogP contribution in [-0.4, -0.2) is 37.1 Å². The molecule has 0 aliphatic carbocycles. The minimum atomic E-state index is -3.64. The van der Waals surface area contributed by atoms with E-state index in [2.05, 4.69) is 10.2 Å². The molecule has 0 radical (unpaired) electrons. The first-order chi connectivity index (χ1) is 9.45. The summed E-state index contributed by atoms with van der Waals surface area (Å²) in [5.41, 5.74) is 0.526. The number of nitrogens with zero attached hydrogens (tertiary/aromatic N) is 2. The van der Waals surface area contributed by atoms with E-state index in [1.807, 2.05) is 0 Å². The third-order valence-electron chi connectivity index (χ3n) is 2.80. The largest absolute Gasteiger partial charge is 0.494 e. The summed E-state index contributed by atoms with van der Waals surface area (Å²) in [6, 6.07) is 4.33. The molecule has 1 heterocycles. The van der Waals surface area contributed by atoms with Crippen molar-refractivity contribution in [1.29, 1.82) is 0 Å². The van der Waals surface area contributed by atoms with Crippen molar-refractivity contribution in [2.45, 2.75) is 11.4 Å². The Labute approximate surface area is 116 Å². The molecule has 0 aliphatic heterocycles. The van der Waals surface area contributed by atoms with Crippen LogP contribution in [0.5, 0.6) is 5.75 Å². The molecule has 1 aromatic heterocycles. The van der Waals surface area contributed by atoms with Gasteiger partial charge in [-0.1, -0.05) is 6.07 Å². The molecule has 2 rings (SSSR count). The first kappa shape index (κ1) is 14.5. The zero-order valence-electron chi connectivity index (χ0n) is 11.0. The van der Waals surface area contributed by atoms with Gasteiger partial charge in [0.05, 0.1) is 13.3 Å². The minimum absolute atomic E-state index is 0.0500. The van der Waals surface area contributed by atoms with Crippen LogP contribution in [-0.2, 0) is 16.6 Å². The van der Waals surface area contributed by atoms with Crippen LogP contribution < -0.4 is 4.74 Å². The zero-order valence-corrected chi connectivity index (χ0v) is 11.8. The lowest BCUT2D eigenvalue weighted by atomic mass is 10.2. The van der Waals surface area contributed by atoms with Crippen molar-refractivity contribution in [2.75, 3.05) is 14.2 Å². The number of hydrogen-bond acceptors (Lipinski definition) is 4. The SMILES string of the molecule is COc1ccc(CN(C)S(=O)(=O)c2cn[nH]c2)cc1F. The van der Waals surface area contributed by atoms with Gasteiger partial charge in [0.15, 0.2) is 11.6 Å². The summed E-state index contributed by atoms with van der Waals surface area (Å²) in [6.45, 7) is 0.0500. The number of H-pyrrole nitrogens is 1. The number of benzene rings is 1. The summed E-state index contributed by atoms with van der Waals surface area (Å²) in [6.07, 6.45) is 2.51. The summed E-state index contributed by atoms with van der Waals surface area (Å²) in [7, 11) is -0.847. The van der Waals surface area contributed by atoms with Crippen LogP contribution in [0.3, 0.4) is 0 Å². The monoisotopic (exact) mass is 299 g/mol. The predicted molar refractivity (Wildman–Crippen MR) is 70.2 cm³/mol. The average Bonchev–Trinajstić information content (AvgIpc) is 2.93. The van der Waals surface area contributed by atoms with Gasteiger partial charge in [-0.3, -0.25) is 5.10 Å². The normalized spacial score (nSPS) is 11.8. The standard InChI is InChI=1S/C12H14FN3O3S/c1-16(20(17,18)10-6-14-15-7-10)8-9-3-4-12(19-2)11(13)5-9/h3-7H,8H2,1-2H3,(H,14,15). The van der Waals surface area contributed by atoms with E-state index in [1.54, 1.807) is 6.07 Å². The molecule has 20 heavy (non-hydrogen) atoms. The van der Waals surface area contributed by atoms with E-state index in [0.29, 0.717) is 5.56 Å². The van der Waals surface area contributed by atoms with Crippen molar-refractivity contribution >= 4 is 10.0 Å². The van der Waals surface area contributed by atoms with Crippen LogP contribution >= 0.6 is 0 Å². The number of methoxy groups -OCH3 is 1. The van der Waals surface area contributed by atoms with E-state index >= 15 is 0 Å². The highest BCUT2D eigenvalue weighted by molar-refractivity contribution is 7.89. The number of nitrogens with one attached hydrogen (secondary N) is 1. The van der Waals surface area contributed by atoms with Crippen molar-refractivity contribution in [3.8, 4) is 5.75 Å². The second-order valence-corrected chi connectivity index (χ2v) is 6.21. The number of aromatic nitrogens is 2. The van der Waals surface area contributed by atoms with E-state index < -0.39 is 15.8 Å². The maximum absolute atomic E-state index is 13.6. The van der Waals surface area contributed by atoms with Gasteiger partial charge >= 0.3 is 0 Å². The molecular weight excluding hydrogens is 285 g/mol. The highest BCUT2D eigenvalue weighted by Gasteiger charge is 2.22. The second kappa shape index (κ2) is 5.59. The number of hydrogen-bond donors (Lipinski definition) is 1. The van der Waals surface area contributed by atoms with Crippen molar-refractivity contribution in [2.24, 2.45) is 0 Å². The lowest BCUT2D eigenvalue weighted by molar-refractivity contribution is 0.385.